The normalized spacial score (nSPS) is 11.8. The molecule has 0 radical (unpaired) electrons. The highest BCUT2D eigenvalue weighted by atomic mass is 16.3. The van der Waals surface area contributed by atoms with Crippen LogP contribution in [0.1, 0.15) is 29.7 Å². The van der Waals surface area contributed by atoms with Crippen LogP contribution in [0.15, 0.2) is 48.5 Å². The van der Waals surface area contributed by atoms with Crippen LogP contribution in [0.4, 0.5) is 5.69 Å². The summed E-state index contributed by atoms with van der Waals surface area (Å²) in [6, 6.07) is 16.6. The summed E-state index contributed by atoms with van der Waals surface area (Å²) in [5.74, 6) is -0.115. The summed E-state index contributed by atoms with van der Waals surface area (Å²) >= 11 is 0. The lowest BCUT2D eigenvalue weighted by atomic mass is 10.1. The second-order valence-corrected chi connectivity index (χ2v) is 6.01. The van der Waals surface area contributed by atoms with E-state index < -0.39 is 6.10 Å². The van der Waals surface area contributed by atoms with E-state index in [2.05, 4.69) is 5.32 Å². The molecule has 2 aromatic rings. The molecule has 0 aliphatic rings. The van der Waals surface area contributed by atoms with Crippen molar-refractivity contribution in [2.24, 2.45) is 0 Å². The van der Waals surface area contributed by atoms with Crippen LogP contribution in [-0.4, -0.2) is 36.1 Å². The molecule has 0 heterocycles. The summed E-state index contributed by atoms with van der Waals surface area (Å²) in [6.45, 7) is 2.56. The van der Waals surface area contributed by atoms with Crippen LogP contribution in [0.3, 0.4) is 0 Å². The number of carbonyl (C=O) groups is 1. The Hall–Kier alpha value is -2.68. The molecule has 0 aliphatic carbocycles. The first-order valence-electron chi connectivity index (χ1n) is 8.28. The van der Waals surface area contributed by atoms with E-state index in [0.717, 1.165) is 23.2 Å². The van der Waals surface area contributed by atoms with Crippen molar-refractivity contribution >= 4 is 11.6 Å². The minimum absolute atomic E-state index is 0.115. The van der Waals surface area contributed by atoms with Gasteiger partial charge in [0.25, 0.3) is 0 Å². The first kappa shape index (κ1) is 18.7. The van der Waals surface area contributed by atoms with Gasteiger partial charge in [-0.05, 0) is 42.8 Å². The third-order valence-electron chi connectivity index (χ3n) is 4.00. The van der Waals surface area contributed by atoms with Gasteiger partial charge in [-0.3, -0.25) is 9.69 Å². The standard InChI is InChI=1S/C20H23N3O2/c1-3-16-6-4-5-7-18(16)22-20(25)14-23(2)13-19(24)17-10-8-15(12-21)9-11-17/h4-11,19,24H,3,13-14H2,1-2H3,(H,22,25). The summed E-state index contributed by atoms with van der Waals surface area (Å²) in [6.07, 6.45) is 0.137. The molecule has 2 rings (SSSR count). The fourth-order valence-corrected chi connectivity index (χ4v) is 2.63. The zero-order valence-electron chi connectivity index (χ0n) is 14.6. The number of benzene rings is 2. The second kappa shape index (κ2) is 8.97. The van der Waals surface area contributed by atoms with Crippen molar-refractivity contribution in [3.8, 4) is 6.07 Å². The highest BCUT2D eigenvalue weighted by molar-refractivity contribution is 5.92. The molecule has 0 aromatic heterocycles. The number of hydrogen-bond acceptors (Lipinski definition) is 4. The average molecular weight is 337 g/mol. The number of nitriles is 1. The Morgan fingerprint density at radius 3 is 2.56 bits per heavy atom. The molecule has 0 saturated heterocycles. The minimum Gasteiger partial charge on any atom is -0.387 e. The van der Waals surface area contributed by atoms with Crippen LogP contribution in [0.25, 0.3) is 0 Å². The number of aryl methyl sites for hydroxylation is 1. The Morgan fingerprint density at radius 2 is 1.92 bits per heavy atom. The molecule has 0 fully saturated rings. The third-order valence-corrected chi connectivity index (χ3v) is 4.00. The molecule has 1 amide bonds. The van der Waals surface area contributed by atoms with Crippen LogP contribution >= 0.6 is 0 Å². The summed E-state index contributed by atoms with van der Waals surface area (Å²) in [5, 5.41) is 22.0. The lowest BCUT2D eigenvalue weighted by Crippen LogP contribution is -2.33. The Kier molecular flexibility index (Phi) is 6.70. The van der Waals surface area contributed by atoms with Crippen molar-refractivity contribution in [3.05, 3.63) is 65.2 Å². The molecule has 0 spiro atoms. The van der Waals surface area contributed by atoms with E-state index in [1.54, 1.807) is 36.2 Å². The number of aliphatic hydroxyl groups is 1. The van der Waals surface area contributed by atoms with E-state index in [1.165, 1.54) is 0 Å². The average Bonchev–Trinajstić information content (AvgIpc) is 2.62. The maximum absolute atomic E-state index is 12.2. The van der Waals surface area contributed by atoms with E-state index in [9.17, 15) is 9.90 Å². The number of amides is 1. The van der Waals surface area contributed by atoms with Gasteiger partial charge >= 0.3 is 0 Å². The molecule has 0 saturated carbocycles. The van der Waals surface area contributed by atoms with E-state index in [0.29, 0.717) is 12.1 Å². The molecule has 2 N–H and O–H groups in total. The van der Waals surface area contributed by atoms with Crippen molar-refractivity contribution in [2.75, 3.05) is 25.5 Å². The maximum atomic E-state index is 12.2. The number of likely N-dealkylation sites (N-methyl/N-ethyl adjacent to an activating group) is 1. The van der Waals surface area contributed by atoms with Gasteiger partial charge in [0.2, 0.25) is 5.91 Å². The Morgan fingerprint density at radius 1 is 1.24 bits per heavy atom. The highest BCUT2D eigenvalue weighted by Gasteiger charge is 2.14. The van der Waals surface area contributed by atoms with Crippen LogP contribution in [-0.2, 0) is 11.2 Å². The molecular weight excluding hydrogens is 314 g/mol. The van der Waals surface area contributed by atoms with Gasteiger partial charge in [-0.15, -0.1) is 0 Å². The zero-order valence-corrected chi connectivity index (χ0v) is 14.6. The molecule has 5 heteroatoms. The molecule has 2 aromatic carbocycles. The number of carbonyl (C=O) groups excluding carboxylic acids is 1. The number of para-hydroxylation sites is 1. The Labute approximate surface area is 148 Å². The largest absolute Gasteiger partial charge is 0.387 e. The Bertz CT molecular complexity index is 750. The van der Waals surface area contributed by atoms with Gasteiger partial charge in [0, 0.05) is 12.2 Å². The van der Waals surface area contributed by atoms with Crippen LogP contribution in [0, 0.1) is 11.3 Å². The SMILES string of the molecule is CCc1ccccc1NC(=O)CN(C)CC(O)c1ccc(C#N)cc1. The predicted molar refractivity (Wildman–Crippen MR) is 98.1 cm³/mol. The molecule has 0 aliphatic heterocycles. The van der Waals surface area contributed by atoms with Crippen molar-refractivity contribution in [3.63, 3.8) is 0 Å². The smallest absolute Gasteiger partial charge is 0.238 e. The maximum Gasteiger partial charge on any atom is 0.238 e. The second-order valence-electron chi connectivity index (χ2n) is 6.01. The van der Waals surface area contributed by atoms with Crippen LogP contribution in [0.5, 0.6) is 0 Å². The van der Waals surface area contributed by atoms with Gasteiger partial charge in [-0.25, -0.2) is 0 Å². The summed E-state index contributed by atoms with van der Waals surface area (Å²) in [7, 11) is 1.79. The summed E-state index contributed by atoms with van der Waals surface area (Å²) in [4.78, 5) is 14.0. The number of nitrogens with zero attached hydrogens (tertiary/aromatic N) is 2. The van der Waals surface area contributed by atoms with Crippen molar-refractivity contribution in [1.29, 1.82) is 5.26 Å². The quantitative estimate of drug-likeness (QED) is 0.814. The van der Waals surface area contributed by atoms with Gasteiger partial charge in [0.05, 0.1) is 24.3 Å². The van der Waals surface area contributed by atoms with Crippen molar-refractivity contribution < 1.29 is 9.90 Å². The van der Waals surface area contributed by atoms with E-state index in [1.807, 2.05) is 37.3 Å². The number of hydrogen-bond donors (Lipinski definition) is 2. The molecule has 0 bridgehead atoms. The van der Waals surface area contributed by atoms with Crippen LogP contribution in [0.2, 0.25) is 0 Å². The van der Waals surface area contributed by atoms with Crippen molar-refractivity contribution in [2.45, 2.75) is 19.4 Å². The van der Waals surface area contributed by atoms with Crippen LogP contribution < -0.4 is 5.32 Å². The predicted octanol–water partition coefficient (Wildman–Crippen LogP) is 2.72. The zero-order chi connectivity index (χ0) is 18.2. The summed E-state index contributed by atoms with van der Waals surface area (Å²) in [5.41, 5.74) is 3.20. The van der Waals surface area contributed by atoms with Gasteiger partial charge in [0.15, 0.2) is 0 Å². The summed E-state index contributed by atoms with van der Waals surface area (Å²) < 4.78 is 0. The van der Waals surface area contributed by atoms with Gasteiger partial charge in [-0.1, -0.05) is 37.3 Å². The number of aliphatic hydroxyl groups excluding tert-OH is 1. The lowest BCUT2D eigenvalue weighted by Gasteiger charge is -2.20. The first-order chi connectivity index (χ1) is 12.0. The minimum atomic E-state index is -0.714. The molecule has 130 valence electrons. The van der Waals surface area contributed by atoms with Gasteiger partial charge in [0.1, 0.15) is 0 Å². The molecule has 5 nitrogen and oxygen atoms in total. The molecule has 25 heavy (non-hydrogen) atoms. The monoisotopic (exact) mass is 337 g/mol. The fraction of sp³-hybridized carbons (Fsp3) is 0.300. The van der Waals surface area contributed by atoms with E-state index >= 15 is 0 Å². The molecule has 1 unspecified atom stereocenters. The third kappa shape index (κ3) is 5.42. The topological polar surface area (TPSA) is 76.4 Å². The lowest BCUT2D eigenvalue weighted by molar-refractivity contribution is -0.117. The van der Waals surface area contributed by atoms with E-state index in [-0.39, 0.29) is 12.5 Å². The van der Waals surface area contributed by atoms with E-state index in [4.69, 9.17) is 5.26 Å². The first-order valence-corrected chi connectivity index (χ1v) is 8.28. The number of nitrogens with one attached hydrogen (secondary N) is 1. The van der Waals surface area contributed by atoms with Gasteiger partial charge in [-0.2, -0.15) is 5.26 Å². The number of anilines is 1. The van der Waals surface area contributed by atoms with Crippen molar-refractivity contribution in [1.82, 2.24) is 4.90 Å². The highest BCUT2D eigenvalue weighted by Crippen LogP contribution is 2.16. The van der Waals surface area contributed by atoms with Gasteiger partial charge < -0.3 is 10.4 Å². The Balaban J connectivity index is 1.89. The number of rotatable bonds is 7. The molecule has 1 atom stereocenters. The molecular formula is C20H23N3O2. The fourth-order valence-electron chi connectivity index (χ4n) is 2.63.